The number of ether oxygens (including phenoxy) is 2. The number of aliphatic hydroxyl groups is 4. The van der Waals surface area contributed by atoms with Crippen LogP contribution in [0.15, 0.2) is 23.8 Å². The normalized spacial score (nSPS) is 25.0. The molecule has 19 heteroatoms. The van der Waals surface area contributed by atoms with E-state index in [2.05, 4.69) is 26.8 Å². The van der Waals surface area contributed by atoms with Crippen LogP contribution in [0, 0.1) is 26.7 Å². The number of fused-ring (bicyclic) bond motifs is 1. The molecular weight excluding hydrogens is 823 g/mol. The molecule has 3 unspecified atom stereocenters. The van der Waals surface area contributed by atoms with Crippen LogP contribution in [0.1, 0.15) is 96.4 Å². The molecule has 306 valence electrons. The number of H-pyrrole nitrogens is 3. The zero-order valence-corrected chi connectivity index (χ0v) is 40.1. The summed E-state index contributed by atoms with van der Waals surface area (Å²) in [6.07, 6.45) is -5.00. The molecule has 0 radical (unpaired) electrons. The third-order valence-electron chi connectivity index (χ3n) is 11.8. The topological polar surface area (TPSA) is 290 Å². The smallest absolute Gasteiger partial charge is 0.550 e. The van der Waals surface area contributed by atoms with Crippen molar-refractivity contribution in [2.24, 2.45) is 5.92 Å². The third-order valence-corrected chi connectivity index (χ3v) is 11.8. The molecule has 0 bridgehead atoms. The number of carboxylic acid groups (broad SMARTS) is 2. The average molecular weight is 869 g/mol. The maximum Gasteiger partial charge on any atom is 1.00 e. The van der Waals surface area contributed by atoms with Gasteiger partial charge >= 0.3 is 103 Å². The number of hydrogen-bond acceptors (Lipinski definition) is 13. The summed E-state index contributed by atoms with van der Waals surface area (Å²) in [5.74, 6) is -6.65. The van der Waals surface area contributed by atoms with Crippen LogP contribution < -0.4 is 118 Å². The summed E-state index contributed by atoms with van der Waals surface area (Å²) in [5, 5.41) is 67.5. The fourth-order valence-corrected chi connectivity index (χ4v) is 8.52. The number of aliphatic carboxylic acids is 2. The van der Waals surface area contributed by atoms with E-state index in [1.54, 1.807) is 27.7 Å². The Morgan fingerprint density at radius 3 is 2.15 bits per heavy atom. The molecule has 3 aromatic rings. The molecule has 5 heterocycles. The van der Waals surface area contributed by atoms with Crippen LogP contribution >= 0.6 is 0 Å². The van der Waals surface area contributed by atoms with Crippen LogP contribution in [0.4, 0.5) is 0 Å². The number of aromatic amines is 3. The van der Waals surface area contributed by atoms with Crippen LogP contribution in [-0.2, 0) is 49.5 Å². The van der Waals surface area contributed by atoms with Gasteiger partial charge in [-0.2, -0.15) is 0 Å². The van der Waals surface area contributed by atoms with Gasteiger partial charge in [0, 0.05) is 58.4 Å². The molecule has 0 aromatic carbocycles. The summed E-state index contributed by atoms with van der Waals surface area (Å²) in [7, 11) is 0. The van der Waals surface area contributed by atoms with Crippen molar-refractivity contribution >= 4 is 29.9 Å². The molecule has 3 aromatic heterocycles. The number of carbonyl (C=O) groups is 5. The van der Waals surface area contributed by atoms with E-state index in [0.29, 0.717) is 68.1 Å². The number of carboxylic acids is 2. The zero-order valence-electron chi connectivity index (χ0n) is 33.9. The molecular formula is C40H46K2N4O13. The number of hydrogen-bond donors (Lipinski definition) is 8. The van der Waals surface area contributed by atoms with Gasteiger partial charge in [-0.1, -0.05) is 12.7 Å². The molecule has 59 heavy (non-hydrogen) atoms. The first-order valence-electron chi connectivity index (χ1n) is 18.6. The van der Waals surface area contributed by atoms with Crippen molar-refractivity contribution in [1.29, 1.82) is 0 Å². The van der Waals surface area contributed by atoms with Gasteiger partial charge in [0.15, 0.2) is 18.4 Å². The van der Waals surface area contributed by atoms with Gasteiger partial charge in [-0.3, -0.25) is 14.4 Å². The number of aromatic nitrogens is 3. The summed E-state index contributed by atoms with van der Waals surface area (Å²) in [6, 6.07) is -0.418. The van der Waals surface area contributed by atoms with Crippen LogP contribution in [-0.4, -0.2) is 115 Å². The number of amides is 1. The quantitative estimate of drug-likeness (QED) is 0.0378. The molecule has 1 amide bonds. The number of rotatable bonds is 16. The van der Waals surface area contributed by atoms with Gasteiger partial charge in [0.1, 0.15) is 24.4 Å². The van der Waals surface area contributed by atoms with Gasteiger partial charge in [0.05, 0.1) is 42.8 Å². The molecule has 2 aliphatic heterocycles. The Balaban J connectivity index is 0.00000384. The van der Waals surface area contributed by atoms with Gasteiger partial charge in [-0.15, -0.1) is 0 Å². The van der Waals surface area contributed by atoms with E-state index in [1.165, 1.54) is 6.08 Å². The maximum absolute atomic E-state index is 14.0. The number of nitrogens with one attached hydrogen (secondary N) is 4. The Labute approximate surface area is 424 Å². The Morgan fingerprint density at radius 2 is 1.56 bits per heavy atom. The second-order valence-electron chi connectivity index (χ2n) is 14.9. The second kappa shape index (κ2) is 20.5. The minimum Gasteiger partial charge on any atom is -0.550 e. The van der Waals surface area contributed by atoms with E-state index in [4.69, 9.17) is 9.47 Å². The Hall–Kier alpha value is -1.90. The van der Waals surface area contributed by atoms with Crippen molar-refractivity contribution in [2.75, 3.05) is 13.2 Å². The maximum atomic E-state index is 14.0. The van der Waals surface area contributed by atoms with E-state index in [-0.39, 0.29) is 159 Å². The molecule has 17 nitrogen and oxygen atoms in total. The number of aldehydes is 1. The van der Waals surface area contributed by atoms with E-state index in [0.717, 1.165) is 5.57 Å². The molecule has 1 aliphatic carbocycles. The first-order chi connectivity index (χ1) is 27.0. The first kappa shape index (κ1) is 49.8. The van der Waals surface area contributed by atoms with Crippen molar-refractivity contribution < 1.29 is 167 Å². The SMILES string of the molecule is C=CC1=C(C)C(Cc2[nH]c(C3c4[nH]c(Cc5[nH]c(C=O)c(C)c5CCO[C@@H]5O[C@H](CO)[C@@H](O)[C@H](O)[C@H]5O)c(C)c4C(=O)C3C(=O)[O-])c(CCC(=O)[O-])c2C)NC1=O.[K+].[K+]. The van der Waals surface area contributed by atoms with Crippen LogP contribution in [0.2, 0.25) is 0 Å². The van der Waals surface area contributed by atoms with Crippen molar-refractivity contribution in [3.63, 3.8) is 0 Å². The molecule has 8 atom stereocenters. The molecule has 0 spiro atoms. The number of ketones is 1. The van der Waals surface area contributed by atoms with Crippen molar-refractivity contribution in [3.05, 3.63) is 91.3 Å². The average Bonchev–Trinajstić information content (AvgIpc) is 3.91. The number of Topliss-reactive ketones (excluding diaryl/α,β-unsaturated/α-hetero) is 1. The molecule has 1 fully saturated rings. The van der Waals surface area contributed by atoms with Gasteiger partial charge < -0.3 is 70.0 Å². The third kappa shape index (κ3) is 9.55. The minimum atomic E-state index is -1.64. The Kier molecular flexibility index (Phi) is 17.3. The van der Waals surface area contributed by atoms with E-state index >= 15 is 0 Å². The summed E-state index contributed by atoms with van der Waals surface area (Å²) < 4.78 is 11.2. The molecule has 0 saturated carbocycles. The fourth-order valence-electron chi connectivity index (χ4n) is 8.52. The van der Waals surface area contributed by atoms with Crippen molar-refractivity contribution in [2.45, 2.75) is 102 Å². The Bertz CT molecular complexity index is 2170. The van der Waals surface area contributed by atoms with Crippen molar-refractivity contribution in [3.8, 4) is 0 Å². The van der Waals surface area contributed by atoms with Gasteiger partial charge in [-0.25, -0.2) is 0 Å². The predicted molar refractivity (Wildman–Crippen MR) is 195 cm³/mol. The molecule has 8 N–H and O–H groups in total. The standard InChI is InChI=1S/C40H48N4O13.2K/c1-6-19-15(2)23(44-38(19)53)11-22-17(4)21(7-8-28(47)48)32(42-22)30-31(39(54)55)35(50)29-18(5)24(43-33(29)30)12-25-20(16(3)26(13-45)41-25)9-10-56-40-37(52)36(51)34(49)27(14-46)57-40;;/h6,13,23,27,30-31,34,36-37,40-43,46,49,51-52H,1,7-12,14H2,2-5H3,(H,44,53)(H,47,48)(H,54,55);;/q;2*+1/p-2/t23?,27-,30?,31?,34-,36+,37-,40-;;/m1../s1. The van der Waals surface area contributed by atoms with E-state index < -0.39 is 72.9 Å². The molecule has 6 rings (SSSR count). The van der Waals surface area contributed by atoms with Crippen LogP contribution in [0.3, 0.4) is 0 Å². The summed E-state index contributed by atoms with van der Waals surface area (Å²) in [4.78, 5) is 72.7. The van der Waals surface area contributed by atoms with E-state index in [1.807, 2.05) is 0 Å². The van der Waals surface area contributed by atoms with Crippen LogP contribution in [0.25, 0.3) is 0 Å². The van der Waals surface area contributed by atoms with Crippen molar-refractivity contribution in [1.82, 2.24) is 20.3 Å². The van der Waals surface area contributed by atoms with Crippen LogP contribution in [0.5, 0.6) is 0 Å². The monoisotopic (exact) mass is 868 g/mol. The number of carbonyl (C=O) groups excluding carboxylic acids is 5. The number of aliphatic hydroxyl groups excluding tert-OH is 4. The minimum absolute atomic E-state index is 0. The van der Waals surface area contributed by atoms with Gasteiger partial charge in [0.2, 0.25) is 0 Å². The Morgan fingerprint density at radius 1 is 0.881 bits per heavy atom. The fraction of sp³-hybridized carbons (Fsp3) is 0.475. The molecule has 1 saturated heterocycles. The first-order valence-corrected chi connectivity index (χ1v) is 18.6. The van der Waals surface area contributed by atoms with Gasteiger partial charge in [-0.05, 0) is 80.3 Å². The summed E-state index contributed by atoms with van der Waals surface area (Å²) in [6.45, 7) is 9.99. The largest absolute Gasteiger partial charge is 1.00 e. The van der Waals surface area contributed by atoms with Gasteiger partial charge in [0.25, 0.3) is 5.91 Å². The second-order valence-corrected chi connectivity index (χ2v) is 14.9. The summed E-state index contributed by atoms with van der Waals surface area (Å²) >= 11 is 0. The summed E-state index contributed by atoms with van der Waals surface area (Å²) in [5.41, 5.74) is 6.92. The predicted octanol–water partition coefficient (Wildman–Crippen LogP) is -7.71. The molecule has 3 aliphatic rings. The zero-order chi connectivity index (χ0) is 41.6. The van der Waals surface area contributed by atoms with E-state index in [9.17, 15) is 54.6 Å².